The summed E-state index contributed by atoms with van der Waals surface area (Å²) in [6, 6.07) is 9.60. The van der Waals surface area contributed by atoms with Gasteiger partial charge in [-0.15, -0.1) is 0 Å². The highest BCUT2D eigenvalue weighted by Gasteiger charge is 2.09. The molecule has 1 rings (SSSR count). The van der Waals surface area contributed by atoms with Crippen LogP contribution in [0, 0.1) is 11.3 Å². The van der Waals surface area contributed by atoms with Gasteiger partial charge in [-0.3, -0.25) is 4.79 Å². The van der Waals surface area contributed by atoms with Crippen molar-refractivity contribution in [3.63, 3.8) is 0 Å². The van der Waals surface area contributed by atoms with Crippen LogP contribution >= 0.6 is 0 Å². The van der Waals surface area contributed by atoms with Crippen LogP contribution in [0.1, 0.15) is 31.7 Å². The summed E-state index contributed by atoms with van der Waals surface area (Å²) in [5.41, 5.74) is 1.97. The molecule has 0 aliphatic carbocycles. The Balaban J connectivity index is 2.54. The van der Waals surface area contributed by atoms with Gasteiger partial charge < -0.3 is 15.5 Å². The summed E-state index contributed by atoms with van der Waals surface area (Å²) in [4.78, 5) is 14.2. The van der Waals surface area contributed by atoms with Crippen molar-refractivity contribution in [2.24, 2.45) is 0 Å². The summed E-state index contributed by atoms with van der Waals surface area (Å²) in [7, 11) is 4.02. The number of benzene rings is 1. The molecule has 0 radical (unpaired) electrons. The first-order valence-corrected chi connectivity index (χ1v) is 7.83. The number of carbonyl (C=O) groups excluding carboxylic acids is 1. The second kappa shape index (κ2) is 9.65. The standard InChI is InChI=1S/C18H26N4O/c1-14(2)15-6-8-17(9-7-15)21-18(23)16(12-19)13-20-10-5-11-22(3)4/h6-9,13-14,20H,5,10-11H2,1-4H3,(H,21,23)/b16-13-. The maximum atomic E-state index is 12.1. The van der Waals surface area contributed by atoms with E-state index in [-0.39, 0.29) is 5.57 Å². The number of nitrogens with zero attached hydrogens (tertiary/aromatic N) is 2. The maximum Gasteiger partial charge on any atom is 0.267 e. The van der Waals surface area contributed by atoms with Crippen LogP contribution in [-0.4, -0.2) is 38.0 Å². The Morgan fingerprint density at radius 3 is 2.48 bits per heavy atom. The predicted octanol–water partition coefficient (Wildman–Crippen LogP) is 2.70. The molecule has 0 fully saturated rings. The van der Waals surface area contributed by atoms with Gasteiger partial charge in [0, 0.05) is 18.4 Å². The lowest BCUT2D eigenvalue weighted by molar-refractivity contribution is -0.112. The Kier molecular flexibility index (Phi) is 7.86. The van der Waals surface area contributed by atoms with E-state index in [1.54, 1.807) is 0 Å². The smallest absolute Gasteiger partial charge is 0.267 e. The molecule has 0 bridgehead atoms. The third-order valence-corrected chi connectivity index (χ3v) is 3.37. The molecule has 0 unspecified atom stereocenters. The molecular formula is C18H26N4O. The van der Waals surface area contributed by atoms with Crippen LogP contribution in [0.5, 0.6) is 0 Å². The zero-order valence-electron chi connectivity index (χ0n) is 14.4. The van der Waals surface area contributed by atoms with Gasteiger partial charge in [0.1, 0.15) is 11.6 Å². The molecule has 0 spiro atoms. The Hall–Kier alpha value is -2.32. The van der Waals surface area contributed by atoms with E-state index in [4.69, 9.17) is 5.26 Å². The van der Waals surface area contributed by atoms with E-state index in [9.17, 15) is 4.79 Å². The van der Waals surface area contributed by atoms with E-state index in [1.807, 2.05) is 44.4 Å². The number of nitrogens with one attached hydrogen (secondary N) is 2. The number of amides is 1. The highest BCUT2D eigenvalue weighted by atomic mass is 16.1. The van der Waals surface area contributed by atoms with E-state index < -0.39 is 5.91 Å². The molecule has 0 saturated heterocycles. The number of carbonyl (C=O) groups is 1. The molecule has 5 nitrogen and oxygen atoms in total. The number of anilines is 1. The normalized spacial score (nSPS) is 11.4. The molecule has 2 N–H and O–H groups in total. The van der Waals surface area contributed by atoms with Gasteiger partial charge in [0.05, 0.1) is 0 Å². The second-order valence-electron chi connectivity index (χ2n) is 6.01. The molecule has 23 heavy (non-hydrogen) atoms. The zero-order chi connectivity index (χ0) is 17.2. The predicted molar refractivity (Wildman–Crippen MR) is 94.0 cm³/mol. The summed E-state index contributed by atoms with van der Waals surface area (Å²) in [5.74, 6) is 0.0468. The molecule has 1 aromatic rings. The lowest BCUT2D eigenvalue weighted by Gasteiger charge is -2.09. The first-order valence-electron chi connectivity index (χ1n) is 7.83. The van der Waals surface area contributed by atoms with Crippen LogP contribution in [0.4, 0.5) is 5.69 Å². The molecule has 0 atom stereocenters. The molecule has 124 valence electrons. The highest BCUT2D eigenvalue weighted by Crippen LogP contribution is 2.17. The average molecular weight is 314 g/mol. The van der Waals surface area contributed by atoms with Gasteiger partial charge >= 0.3 is 0 Å². The fourth-order valence-corrected chi connectivity index (χ4v) is 1.97. The summed E-state index contributed by atoms with van der Waals surface area (Å²) in [6.45, 7) is 5.91. The maximum absolute atomic E-state index is 12.1. The minimum absolute atomic E-state index is 0.0720. The molecule has 0 aromatic heterocycles. The Morgan fingerprint density at radius 2 is 1.96 bits per heavy atom. The fraction of sp³-hybridized carbons (Fsp3) is 0.444. The van der Waals surface area contributed by atoms with Crippen molar-refractivity contribution in [3.05, 3.63) is 41.6 Å². The summed E-state index contributed by atoms with van der Waals surface area (Å²) >= 11 is 0. The fourth-order valence-electron chi connectivity index (χ4n) is 1.97. The minimum Gasteiger partial charge on any atom is -0.390 e. The zero-order valence-corrected chi connectivity index (χ0v) is 14.4. The van der Waals surface area contributed by atoms with Gasteiger partial charge in [-0.1, -0.05) is 26.0 Å². The third-order valence-electron chi connectivity index (χ3n) is 3.37. The van der Waals surface area contributed by atoms with Crippen molar-refractivity contribution in [2.45, 2.75) is 26.2 Å². The lowest BCUT2D eigenvalue weighted by Crippen LogP contribution is -2.20. The van der Waals surface area contributed by atoms with E-state index in [0.717, 1.165) is 19.5 Å². The minimum atomic E-state index is -0.398. The van der Waals surface area contributed by atoms with Crippen molar-refractivity contribution in [1.82, 2.24) is 10.2 Å². The molecule has 0 saturated carbocycles. The van der Waals surface area contributed by atoms with Gasteiger partial charge in [0.2, 0.25) is 0 Å². The van der Waals surface area contributed by atoms with Crippen LogP contribution in [0.15, 0.2) is 36.0 Å². The van der Waals surface area contributed by atoms with Crippen molar-refractivity contribution in [1.29, 1.82) is 5.26 Å². The molecule has 5 heteroatoms. The first-order chi connectivity index (χ1) is 10.9. The number of rotatable bonds is 8. The summed E-state index contributed by atoms with van der Waals surface area (Å²) < 4.78 is 0. The largest absolute Gasteiger partial charge is 0.390 e. The van der Waals surface area contributed by atoms with Crippen molar-refractivity contribution >= 4 is 11.6 Å². The Labute approximate surface area is 139 Å². The van der Waals surface area contributed by atoms with Crippen LogP contribution in [0.3, 0.4) is 0 Å². The van der Waals surface area contributed by atoms with Crippen LogP contribution in [-0.2, 0) is 4.79 Å². The van der Waals surface area contributed by atoms with E-state index >= 15 is 0 Å². The molecule has 1 amide bonds. The van der Waals surface area contributed by atoms with Gasteiger partial charge in [-0.25, -0.2) is 0 Å². The summed E-state index contributed by atoms with van der Waals surface area (Å²) in [6.07, 6.45) is 2.42. The number of hydrogen-bond donors (Lipinski definition) is 2. The van der Waals surface area contributed by atoms with Crippen molar-refractivity contribution in [2.75, 3.05) is 32.5 Å². The molecule has 1 aromatic carbocycles. The van der Waals surface area contributed by atoms with Crippen LogP contribution in [0.2, 0.25) is 0 Å². The monoisotopic (exact) mass is 314 g/mol. The number of nitriles is 1. The topological polar surface area (TPSA) is 68.2 Å². The van der Waals surface area contributed by atoms with Crippen molar-refractivity contribution < 1.29 is 4.79 Å². The Morgan fingerprint density at radius 1 is 1.30 bits per heavy atom. The van der Waals surface area contributed by atoms with Gasteiger partial charge in [-0.05, 0) is 50.7 Å². The highest BCUT2D eigenvalue weighted by molar-refractivity contribution is 6.06. The van der Waals surface area contributed by atoms with Gasteiger partial charge in [-0.2, -0.15) is 5.26 Å². The van der Waals surface area contributed by atoms with E-state index in [1.165, 1.54) is 11.8 Å². The first kappa shape index (κ1) is 18.7. The molecule has 0 aliphatic heterocycles. The molecular weight excluding hydrogens is 288 g/mol. The van der Waals surface area contributed by atoms with Gasteiger partial charge in [0.15, 0.2) is 0 Å². The Bertz CT molecular complexity index is 568. The quantitative estimate of drug-likeness (QED) is 0.440. The summed E-state index contributed by atoms with van der Waals surface area (Å²) in [5, 5.41) is 14.9. The molecule has 0 aliphatic rings. The van der Waals surface area contributed by atoms with E-state index in [0.29, 0.717) is 11.6 Å². The molecule has 0 heterocycles. The second-order valence-corrected chi connectivity index (χ2v) is 6.01. The van der Waals surface area contributed by atoms with Crippen LogP contribution < -0.4 is 10.6 Å². The number of hydrogen-bond acceptors (Lipinski definition) is 4. The lowest BCUT2D eigenvalue weighted by atomic mass is 10.0. The van der Waals surface area contributed by atoms with E-state index in [2.05, 4.69) is 29.4 Å². The van der Waals surface area contributed by atoms with Crippen molar-refractivity contribution in [3.8, 4) is 6.07 Å². The van der Waals surface area contributed by atoms with Crippen LogP contribution in [0.25, 0.3) is 0 Å². The van der Waals surface area contributed by atoms with Gasteiger partial charge in [0.25, 0.3) is 5.91 Å². The third kappa shape index (κ3) is 6.98. The average Bonchev–Trinajstić information content (AvgIpc) is 2.51. The SMILES string of the molecule is CC(C)c1ccc(NC(=O)/C(C#N)=C\NCCCN(C)C)cc1.